The summed E-state index contributed by atoms with van der Waals surface area (Å²) in [5.74, 6) is 0.206. The summed E-state index contributed by atoms with van der Waals surface area (Å²) in [6, 6.07) is 4.52. The Morgan fingerprint density at radius 3 is 2.55 bits per heavy atom. The first kappa shape index (κ1) is 17.9. The number of hydrogen-bond donors (Lipinski definition) is 1. The number of aliphatic hydroxyl groups excluding tert-OH is 1. The quantitative estimate of drug-likeness (QED) is 0.408. The van der Waals surface area contributed by atoms with Crippen LogP contribution in [0.5, 0.6) is 5.75 Å². The monoisotopic (exact) mass is 306 g/mol. The third-order valence-electron chi connectivity index (χ3n) is 3.07. The fourth-order valence-corrected chi connectivity index (χ4v) is 2.10. The Kier molecular flexibility index (Phi) is 7.28. The van der Waals surface area contributed by atoms with Crippen LogP contribution in [0.15, 0.2) is 43.5 Å². The first-order chi connectivity index (χ1) is 10.5. The Morgan fingerprint density at radius 2 is 2.05 bits per heavy atom. The van der Waals surface area contributed by atoms with Gasteiger partial charge in [0.25, 0.3) is 0 Å². The largest absolute Gasteiger partial charge is 0.487 e. The van der Waals surface area contributed by atoms with Gasteiger partial charge in [-0.3, -0.25) is 15.0 Å². The molecule has 120 valence electrons. The average Bonchev–Trinajstić information content (AvgIpc) is 2.48. The van der Waals surface area contributed by atoms with Crippen molar-refractivity contribution in [1.82, 2.24) is 4.90 Å². The van der Waals surface area contributed by atoms with Crippen LogP contribution in [0.2, 0.25) is 0 Å². The molecule has 0 aromatic heterocycles. The van der Waals surface area contributed by atoms with Gasteiger partial charge in [-0.05, 0) is 18.6 Å². The molecule has 22 heavy (non-hydrogen) atoms. The molecule has 1 rings (SSSR count). The van der Waals surface area contributed by atoms with Crippen molar-refractivity contribution in [1.29, 1.82) is 0 Å². The van der Waals surface area contributed by atoms with Crippen LogP contribution in [0.25, 0.3) is 0 Å². The number of nitro groups is 1. The molecular formula is C16H22N2O4. The number of ether oxygens (including phenoxy) is 1. The van der Waals surface area contributed by atoms with Crippen molar-refractivity contribution >= 4 is 5.69 Å². The van der Waals surface area contributed by atoms with Gasteiger partial charge in [-0.1, -0.05) is 18.2 Å². The Hall–Kier alpha value is -2.18. The van der Waals surface area contributed by atoms with Crippen molar-refractivity contribution in [3.63, 3.8) is 0 Å². The van der Waals surface area contributed by atoms with Crippen LogP contribution in [0.4, 0.5) is 5.69 Å². The van der Waals surface area contributed by atoms with Crippen LogP contribution in [-0.2, 0) is 0 Å². The average molecular weight is 306 g/mol. The number of nitrogens with zero attached hydrogens (tertiary/aromatic N) is 2. The van der Waals surface area contributed by atoms with Crippen LogP contribution in [0, 0.1) is 10.1 Å². The van der Waals surface area contributed by atoms with Crippen molar-refractivity contribution in [3.05, 3.63) is 59.2 Å². The summed E-state index contributed by atoms with van der Waals surface area (Å²) in [5.41, 5.74) is 0.339. The van der Waals surface area contributed by atoms with Crippen molar-refractivity contribution in [2.45, 2.75) is 13.0 Å². The van der Waals surface area contributed by atoms with Crippen LogP contribution in [0.1, 0.15) is 18.6 Å². The van der Waals surface area contributed by atoms with E-state index in [1.165, 1.54) is 12.1 Å². The SMILES string of the molecule is C=CCN(CC=C)CC(O)c1ccc(OCC)c([N+](=O)[O-])c1. The molecule has 6 heteroatoms. The first-order valence-corrected chi connectivity index (χ1v) is 7.06. The van der Waals surface area contributed by atoms with Gasteiger partial charge in [0, 0.05) is 25.7 Å². The van der Waals surface area contributed by atoms with E-state index >= 15 is 0 Å². The highest BCUT2D eigenvalue weighted by molar-refractivity contribution is 5.49. The van der Waals surface area contributed by atoms with Gasteiger partial charge in [0.2, 0.25) is 0 Å². The Morgan fingerprint density at radius 1 is 1.41 bits per heavy atom. The predicted octanol–water partition coefficient (Wildman–Crippen LogP) is 2.70. The topological polar surface area (TPSA) is 75.8 Å². The second kappa shape index (κ2) is 8.96. The molecule has 0 saturated heterocycles. The molecule has 0 amide bonds. The third-order valence-corrected chi connectivity index (χ3v) is 3.07. The minimum absolute atomic E-state index is 0.141. The highest BCUT2D eigenvalue weighted by atomic mass is 16.6. The molecule has 0 aliphatic rings. The van der Waals surface area contributed by atoms with E-state index in [1.807, 2.05) is 4.90 Å². The van der Waals surface area contributed by atoms with E-state index in [4.69, 9.17) is 4.74 Å². The maximum Gasteiger partial charge on any atom is 0.311 e. The molecule has 1 aromatic rings. The molecule has 1 atom stereocenters. The second-order valence-electron chi connectivity index (χ2n) is 4.73. The van der Waals surface area contributed by atoms with Crippen LogP contribution in [-0.4, -0.2) is 41.2 Å². The Bertz CT molecular complexity index is 521. The summed E-state index contributed by atoms with van der Waals surface area (Å²) < 4.78 is 5.23. The standard InChI is InChI=1S/C16H22N2O4/c1-4-9-17(10-5-2)12-15(19)13-7-8-16(22-6-3)14(11-13)18(20)21/h4-5,7-8,11,15,19H,1-2,6,9-10,12H2,3H3. The van der Waals surface area contributed by atoms with Crippen LogP contribution in [0.3, 0.4) is 0 Å². The minimum Gasteiger partial charge on any atom is -0.487 e. The molecule has 1 aromatic carbocycles. The molecule has 0 fully saturated rings. The lowest BCUT2D eigenvalue weighted by Crippen LogP contribution is -2.29. The van der Waals surface area contributed by atoms with Gasteiger partial charge in [0.15, 0.2) is 5.75 Å². The van der Waals surface area contributed by atoms with Crippen LogP contribution < -0.4 is 4.74 Å². The lowest BCUT2D eigenvalue weighted by atomic mass is 10.1. The van der Waals surface area contributed by atoms with Gasteiger partial charge in [-0.25, -0.2) is 0 Å². The summed E-state index contributed by atoms with van der Waals surface area (Å²) in [5, 5.41) is 21.4. The number of nitro benzene ring substituents is 1. The van der Waals surface area contributed by atoms with E-state index in [9.17, 15) is 15.2 Å². The van der Waals surface area contributed by atoms with Crippen molar-refractivity contribution in [3.8, 4) is 5.75 Å². The highest BCUT2D eigenvalue weighted by Gasteiger charge is 2.20. The van der Waals surface area contributed by atoms with Gasteiger partial charge in [0.05, 0.1) is 17.6 Å². The molecule has 0 aliphatic carbocycles. The van der Waals surface area contributed by atoms with Crippen molar-refractivity contribution < 1.29 is 14.8 Å². The zero-order chi connectivity index (χ0) is 16.5. The normalized spacial score (nSPS) is 12.0. The number of benzene rings is 1. The Balaban J connectivity index is 2.94. The zero-order valence-corrected chi connectivity index (χ0v) is 12.8. The van der Waals surface area contributed by atoms with E-state index in [0.717, 1.165) is 0 Å². The molecule has 0 radical (unpaired) electrons. The summed E-state index contributed by atoms with van der Waals surface area (Å²) in [4.78, 5) is 12.5. The van der Waals surface area contributed by atoms with E-state index in [0.29, 0.717) is 31.8 Å². The van der Waals surface area contributed by atoms with E-state index in [2.05, 4.69) is 13.2 Å². The third kappa shape index (κ3) is 4.98. The maximum absolute atomic E-state index is 11.1. The summed E-state index contributed by atoms with van der Waals surface area (Å²) in [6.07, 6.45) is 2.63. The summed E-state index contributed by atoms with van der Waals surface area (Å²) >= 11 is 0. The smallest absolute Gasteiger partial charge is 0.311 e. The van der Waals surface area contributed by atoms with Crippen LogP contribution >= 0.6 is 0 Å². The molecule has 0 bridgehead atoms. The zero-order valence-electron chi connectivity index (χ0n) is 12.8. The lowest BCUT2D eigenvalue weighted by Gasteiger charge is -2.22. The fourth-order valence-electron chi connectivity index (χ4n) is 2.10. The molecule has 6 nitrogen and oxygen atoms in total. The van der Waals surface area contributed by atoms with E-state index in [1.54, 1.807) is 25.1 Å². The lowest BCUT2D eigenvalue weighted by molar-refractivity contribution is -0.386. The number of aliphatic hydroxyl groups is 1. The number of rotatable bonds is 10. The molecule has 0 heterocycles. The number of hydrogen-bond acceptors (Lipinski definition) is 5. The highest BCUT2D eigenvalue weighted by Crippen LogP contribution is 2.30. The minimum atomic E-state index is -0.839. The molecule has 0 aliphatic heterocycles. The van der Waals surface area contributed by atoms with E-state index in [-0.39, 0.29) is 11.4 Å². The molecule has 0 spiro atoms. The van der Waals surface area contributed by atoms with Gasteiger partial charge < -0.3 is 9.84 Å². The summed E-state index contributed by atoms with van der Waals surface area (Å²) in [6.45, 7) is 11.0. The van der Waals surface area contributed by atoms with Gasteiger partial charge in [-0.2, -0.15) is 0 Å². The Labute approximate surface area is 130 Å². The predicted molar refractivity (Wildman–Crippen MR) is 86.1 cm³/mol. The molecule has 1 unspecified atom stereocenters. The second-order valence-corrected chi connectivity index (χ2v) is 4.73. The van der Waals surface area contributed by atoms with Gasteiger partial charge in [0.1, 0.15) is 0 Å². The first-order valence-electron chi connectivity index (χ1n) is 7.06. The fraction of sp³-hybridized carbons (Fsp3) is 0.375. The summed E-state index contributed by atoms with van der Waals surface area (Å²) in [7, 11) is 0. The van der Waals surface area contributed by atoms with E-state index < -0.39 is 11.0 Å². The molecule has 1 N–H and O–H groups in total. The van der Waals surface area contributed by atoms with Crippen molar-refractivity contribution in [2.24, 2.45) is 0 Å². The molecular weight excluding hydrogens is 284 g/mol. The molecule has 0 saturated carbocycles. The van der Waals surface area contributed by atoms with Gasteiger partial charge in [-0.15, -0.1) is 13.2 Å². The van der Waals surface area contributed by atoms with Gasteiger partial charge >= 0.3 is 5.69 Å². The van der Waals surface area contributed by atoms with Crippen molar-refractivity contribution in [2.75, 3.05) is 26.2 Å². The maximum atomic E-state index is 11.1.